The van der Waals surface area contributed by atoms with E-state index in [2.05, 4.69) is 15.2 Å². The summed E-state index contributed by atoms with van der Waals surface area (Å²) in [6.45, 7) is 0.313. The van der Waals surface area contributed by atoms with E-state index in [1.807, 2.05) is 4.90 Å². The number of amides is 3. The number of rotatable bonds is 9. The molecule has 2 bridgehead atoms. The second-order valence-corrected chi connectivity index (χ2v) is 14.9. The zero-order valence-corrected chi connectivity index (χ0v) is 26.1. The van der Waals surface area contributed by atoms with Gasteiger partial charge in [0, 0.05) is 40.4 Å². The molecular formula is C31H32Cl2N4O6S. The van der Waals surface area contributed by atoms with Gasteiger partial charge in [-0.05, 0) is 81.7 Å². The number of carbonyl (C=O) groups excluding carboxylic acids is 2. The number of nitrogens with one attached hydrogen (secondary N) is 2. The number of urea groups is 1. The normalized spacial score (nSPS) is 23.0. The lowest BCUT2D eigenvalue weighted by atomic mass is 9.99. The van der Waals surface area contributed by atoms with Gasteiger partial charge in [0.25, 0.3) is 5.91 Å². The van der Waals surface area contributed by atoms with Crippen LogP contribution in [0, 0.1) is 0 Å². The summed E-state index contributed by atoms with van der Waals surface area (Å²) in [7, 11) is -3.67. The van der Waals surface area contributed by atoms with Gasteiger partial charge in [0.05, 0.1) is 28.0 Å². The molecule has 2 unspecified atom stereocenters. The van der Waals surface area contributed by atoms with Crippen molar-refractivity contribution in [2.75, 3.05) is 5.32 Å². The van der Waals surface area contributed by atoms with Crippen molar-refractivity contribution in [2.45, 2.75) is 87.3 Å². The Balaban J connectivity index is 1.00. The Bertz CT molecular complexity index is 1690. The summed E-state index contributed by atoms with van der Waals surface area (Å²) in [6, 6.07) is 11.4. The average Bonchev–Trinajstić information content (AvgIpc) is 3.92. The Morgan fingerprint density at radius 1 is 0.977 bits per heavy atom. The number of sulfonamides is 1. The quantitative estimate of drug-likeness (QED) is 0.269. The largest absolute Gasteiger partial charge is 0.373 e. The molecule has 13 heteroatoms. The van der Waals surface area contributed by atoms with Crippen molar-refractivity contribution in [3.05, 3.63) is 69.4 Å². The molecule has 4 aliphatic rings. The number of hydrogen-bond acceptors (Lipinski definition) is 7. The Morgan fingerprint density at radius 3 is 2.32 bits per heavy atom. The molecule has 3 heterocycles. The van der Waals surface area contributed by atoms with Gasteiger partial charge < -0.3 is 19.5 Å². The maximum atomic E-state index is 13.4. The Morgan fingerprint density at radius 2 is 1.66 bits per heavy atom. The number of benzene rings is 2. The number of hydrogen-bond donors (Lipinski definition) is 2. The summed E-state index contributed by atoms with van der Waals surface area (Å²) in [4.78, 5) is 27.9. The third-order valence-corrected chi connectivity index (χ3v) is 11.4. The fraction of sp³-hybridized carbons (Fsp3) is 0.452. The SMILES string of the molecule is O=C(NS(=O)(=O)C1CC1)c1cccc(NC(=O)N2C3CCC2CC(OCc2c(-c4c(Cl)cccc4Cl)noc2C2CC2)C3)c1. The molecule has 7 rings (SSSR count). The number of halogens is 2. The molecule has 2 saturated carbocycles. The molecule has 2 atom stereocenters. The van der Waals surface area contributed by atoms with Crippen molar-refractivity contribution in [1.82, 2.24) is 14.8 Å². The first kappa shape index (κ1) is 29.6. The van der Waals surface area contributed by atoms with Crippen LogP contribution in [0.1, 0.15) is 79.0 Å². The number of fused-ring (bicyclic) bond motifs is 2. The molecular weight excluding hydrogens is 627 g/mol. The maximum Gasteiger partial charge on any atom is 0.322 e. The highest BCUT2D eigenvalue weighted by Crippen LogP contribution is 2.46. The molecule has 2 aliphatic heterocycles. The summed E-state index contributed by atoms with van der Waals surface area (Å²) < 4.78 is 38.8. The minimum Gasteiger partial charge on any atom is -0.373 e. The molecule has 2 saturated heterocycles. The minimum absolute atomic E-state index is 0.0109. The Kier molecular flexibility index (Phi) is 7.84. The molecule has 0 spiro atoms. The average molecular weight is 660 g/mol. The van der Waals surface area contributed by atoms with Gasteiger partial charge in [0.1, 0.15) is 11.5 Å². The van der Waals surface area contributed by atoms with Gasteiger partial charge in [-0.15, -0.1) is 0 Å². The highest BCUT2D eigenvalue weighted by Gasteiger charge is 2.44. The Hall–Kier alpha value is -3.12. The molecule has 0 radical (unpaired) electrons. The topological polar surface area (TPSA) is 131 Å². The molecule has 2 aliphatic carbocycles. The van der Waals surface area contributed by atoms with E-state index in [1.54, 1.807) is 30.3 Å². The van der Waals surface area contributed by atoms with Gasteiger partial charge in [-0.2, -0.15) is 0 Å². The smallest absolute Gasteiger partial charge is 0.322 e. The van der Waals surface area contributed by atoms with E-state index in [0.29, 0.717) is 65.2 Å². The van der Waals surface area contributed by atoms with Gasteiger partial charge in [0.2, 0.25) is 10.0 Å². The van der Waals surface area contributed by atoms with Crippen molar-refractivity contribution < 1.29 is 27.3 Å². The van der Waals surface area contributed by atoms with E-state index in [0.717, 1.165) is 37.0 Å². The third-order valence-electron chi connectivity index (χ3n) is 8.93. The minimum atomic E-state index is -3.67. The predicted molar refractivity (Wildman–Crippen MR) is 165 cm³/mol. The maximum absolute atomic E-state index is 13.4. The van der Waals surface area contributed by atoms with Gasteiger partial charge in [-0.25, -0.2) is 17.9 Å². The van der Waals surface area contributed by atoms with Crippen LogP contribution in [0.5, 0.6) is 0 Å². The summed E-state index contributed by atoms with van der Waals surface area (Å²) in [5, 5.41) is 7.76. The molecule has 232 valence electrons. The standard InChI is InChI=1S/C31H32Cl2N4O6S/c32-25-5-2-6-26(33)27(25)28-24(29(43-35-28)17-7-8-17)16-42-22-14-20-9-10-21(15-22)37(20)31(39)34-19-4-1-3-18(13-19)30(38)36-44(40,41)23-11-12-23/h1-6,13,17,20-23H,7-12,14-16H2,(H,34,39)(H,36,38). The first-order valence-corrected chi connectivity index (χ1v) is 17.3. The first-order valence-electron chi connectivity index (χ1n) is 15.0. The fourth-order valence-corrected chi connectivity index (χ4v) is 8.30. The summed E-state index contributed by atoms with van der Waals surface area (Å²) in [5.74, 6) is 0.450. The molecule has 3 aromatic rings. The van der Waals surface area contributed by atoms with E-state index < -0.39 is 21.2 Å². The lowest BCUT2D eigenvalue weighted by Crippen LogP contribution is -2.50. The Labute approximate surface area is 265 Å². The van der Waals surface area contributed by atoms with Gasteiger partial charge in [-0.1, -0.05) is 40.5 Å². The van der Waals surface area contributed by atoms with Crippen LogP contribution in [-0.2, 0) is 21.4 Å². The summed E-state index contributed by atoms with van der Waals surface area (Å²) >= 11 is 13.0. The van der Waals surface area contributed by atoms with Crippen LogP contribution in [0.2, 0.25) is 10.0 Å². The van der Waals surface area contributed by atoms with Crippen LogP contribution in [0.25, 0.3) is 11.3 Å². The molecule has 4 fully saturated rings. The predicted octanol–water partition coefficient (Wildman–Crippen LogP) is 6.49. The van der Waals surface area contributed by atoms with Crippen LogP contribution in [0.3, 0.4) is 0 Å². The van der Waals surface area contributed by atoms with Crippen LogP contribution in [-0.4, -0.2) is 53.9 Å². The summed E-state index contributed by atoms with van der Waals surface area (Å²) in [5.41, 5.74) is 2.73. The zero-order valence-electron chi connectivity index (χ0n) is 23.8. The molecule has 3 amide bonds. The second kappa shape index (κ2) is 11.7. The van der Waals surface area contributed by atoms with Crippen molar-refractivity contribution >= 4 is 50.9 Å². The van der Waals surface area contributed by atoms with Gasteiger partial charge in [0.15, 0.2) is 0 Å². The van der Waals surface area contributed by atoms with Crippen LogP contribution in [0.4, 0.5) is 10.5 Å². The number of aromatic nitrogens is 1. The molecule has 2 aromatic carbocycles. The number of nitrogens with zero attached hydrogens (tertiary/aromatic N) is 2. The van der Waals surface area contributed by atoms with Crippen molar-refractivity contribution in [2.24, 2.45) is 0 Å². The molecule has 44 heavy (non-hydrogen) atoms. The third kappa shape index (κ3) is 5.94. The van der Waals surface area contributed by atoms with Crippen LogP contribution < -0.4 is 10.0 Å². The van der Waals surface area contributed by atoms with Gasteiger partial charge in [-0.3, -0.25) is 4.79 Å². The highest BCUT2D eigenvalue weighted by molar-refractivity contribution is 7.91. The van der Waals surface area contributed by atoms with Crippen molar-refractivity contribution in [3.8, 4) is 11.3 Å². The van der Waals surface area contributed by atoms with E-state index in [9.17, 15) is 18.0 Å². The van der Waals surface area contributed by atoms with E-state index >= 15 is 0 Å². The van der Waals surface area contributed by atoms with Crippen LogP contribution >= 0.6 is 23.2 Å². The van der Waals surface area contributed by atoms with E-state index in [4.69, 9.17) is 32.5 Å². The number of piperidine rings is 1. The molecule has 2 N–H and O–H groups in total. The molecule has 1 aromatic heterocycles. The first-order chi connectivity index (χ1) is 21.2. The van der Waals surface area contributed by atoms with Gasteiger partial charge >= 0.3 is 6.03 Å². The number of carbonyl (C=O) groups is 2. The number of anilines is 1. The zero-order chi connectivity index (χ0) is 30.6. The van der Waals surface area contributed by atoms with Crippen molar-refractivity contribution in [3.63, 3.8) is 0 Å². The summed E-state index contributed by atoms with van der Waals surface area (Å²) in [6.07, 6.45) is 6.29. The fourth-order valence-electron chi connectivity index (χ4n) is 6.42. The number of ether oxygens (including phenoxy) is 1. The highest BCUT2D eigenvalue weighted by atomic mass is 35.5. The lowest BCUT2D eigenvalue weighted by Gasteiger charge is -2.38. The molecule has 10 nitrogen and oxygen atoms in total. The lowest BCUT2D eigenvalue weighted by molar-refractivity contribution is -0.0158. The van der Waals surface area contributed by atoms with E-state index in [1.165, 1.54) is 12.1 Å². The van der Waals surface area contributed by atoms with Crippen molar-refractivity contribution in [1.29, 1.82) is 0 Å². The van der Waals surface area contributed by atoms with E-state index in [-0.39, 0.29) is 29.8 Å². The van der Waals surface area contributed by atoms with Crippen LogP contribution in [0.15, 0.2) is 47.0 Å². The second-order valence-electron chi connectivity index (χ2n) is 12.1. The monoisotopic (exact) mass is 658 g/mol.